The molecule has 3 rings (SSSR count). The fourth-order valence-electron chi connectivity index (χ4n) is 4.08. The summed E-state index contributed by atoms with van der Waals surface area (Å²) in [6.07, 6.45) is 3.18. The highest BCUT2D eigenvalue weighted by Crippen LogP contribution is 2.47. The predicted octanol–water partition coefficient (Wildman–Crippen LogP) is 4.05. The van der Waals surface area contributed by atoms with Crippen molar-refractivity contribution in [2.24, 2.45) is 12.0 Å². The van der Waals surface area contributed by atoms with Crippen LogP contribution < -0.4 is 0 Å². The van der Waals surface area contributed by atoms with Crippen molar-refractivity contribution in [3.05, 3.63) is 64.1 Å². The summed E-state index contributed by atoms with van der Waals surface area (Å²) < 4.78 is 1.83. The molecule has 1 aliphatic rings. The molecule has 1 aromatic carbocycles. The number of rotatable bonds is 4. The van der Waals surface area contributed by atoms with E-state index < -0.39 is 5.41 Å². The van der Waals surface area contributed by atoms with Gasteiger partial charge in [-0.3, -0.25) is 14.5 Å². The topological polar surface area (TPSA) is 67.5 Å². The van der Waals surface area contributed by atoms with Crippen LogP contribution in [0.4, 0.5) is 0 Å². The fourth-order valence-corrected chi connectivity index (χ4v) is 4.08. The summed E-state index contributed by atoms with van der Waals surface area (Å²) in [5.41, 5.74) is 7.24. The molecule has 2 aromatic rings. The Labute approximate surface area is 167 Å². The van der Waals surface area contributed by atoms with Gasteiger partial charge in [-0.1, -0.05) is 23.8 Å². The van der Waals surface area contributed by atoms with Crippen molar-refractivity contribution < 1.29 is 9.90 Å². The number of carbonyl (C=O) groups excluding carboxylic acids is 1. The SMILES string of the molecule is CC(=O)[C@@]1(c2cccc(C)c2C)CC(C)=C(N=C(C)c2ccnn2C)C1.CO. The minimum Gasteiger partial charge on any atom is -0.400 e. The molecule has 0 saturated heterocycles. The van der Waals surface area contributed by atoms with Crippen LogP contribution in [0.2, 0.25) is 0 Å². The maximum atomic E-state index is 12.8. The zero-order valence-electron chi connectivity index (χ0n) is 18.0. The molecule has 1 N–H and O–H groups in total. The summed E-state index contributed by atoms with van der Waals surface area (Å²) in [5.74, 6) is 0.217. The lowest BCUT2D eigenvalue weighted by atomic mass is 9.72. The summed E-state index contributed by atoms with van der Waals surface area (Å²) in [7, 11) is 2.92. The normalized spacial score (nSPS) is 19.5. The smallest absolute Gasteiger partial charge is 0.141 e. The van der Waals surface area contributed by atoms with Crippen LogP contribution in [0.3, 0.4) is 0 Å². The van der Waals surface area contributed by atoms with Crippen LogP contribution in [-0.4, -0.2) is 33.5 Å². The first-order chi connectivity index (χ1) is 13.3. The molecule has 0 fully saturated rings. The Morgan fingerprint density at radius 2 is 1.82 bits per heavy atom. The summed E-state index contributed by atoms with van der Waals surface area (Å²) in [5, 5.41) is 11.2. The van der Waals surface area contributed by atoms with E-state index in [1.165, 1.54) is 16.7 Å². The molecular weight excluding hydrogens is 350 g/mol. The number of allylic oxidation sites excluding steroid dienone is 2. The second-order valence-corrected chi connectivity index (χ2v) is 7.50. The molecule has 1 aliphatic carbocycles. The Hall–Kier alpha value is -2.53. The van der Waals surface area contributed by atoms with Gasteiger partial charge in [0.05, 0.1) is 16.8 Å². The summed E-state index contributed by atoms with van der Waals surface area (Å²) in [6, 6.07) is 8.23. The number of Topliss-reactive ketones (excluding diaryl/α,β-unsaturated/α-hetero) is 1. The highest BCUT2D eigenvalue weighted by Gasteiger charge is 2.44. The molecule has 5 heteroatoms. The third-order valence-corrected chi connectivity index (χ3v) is 5.82. The highest BCUT2D eigenvalue weighted by atomic mass is 16.2. The van der Waals surface area contributed by atoms with Crippen LogP contribution in [0.1, 0.15) is 56.0 Å². The van der Waals surface area contributed by atoms with Gasteiger partial charge >= 0.3 is 0 Å². The fraction of sp³-hybridized carbons (Fsp3) is 0.435. The lowest BCUT2D eigenvalue weighted by Gasteiger charge is -2.29. The van der Waals surface area contributed by atoms with Crippen molar-refractivity contribution >= 4 is 11.5 Å². The molecule has 28 heavy (non-hydrogen) atoms. The van der Waals surface area contributed by atoms with Gasteiger partial charge < -0.3 is 5.11 Å². The zero-order valence-corrected chi connectivity index (χ0v) is 18.0. The number of hydrogen-bond donors (Lipinski definition) is 1. The van der Waals surface area contributed by atoms with E-state index in [9.17, 15) is 4.79 Å². The maximum absolute atomic E-state index is 12.8. The van der Waals surface area contributed by atoms with Gasteiger partial charge in [0.15, 0.2) is 0 Å². The van der Waals surface area contributed by atoms with E-state index in [0.717, 1.165) is 36.2 Å². The van der Waals surface area contributed by atoms with Crippen LogP contribution in [0.5, 0.6) is 0 Å². The standard InChI is InChI=1S/C22H27N3O.CH4O/c1-14-8-7-9-19(16(14)3)22(18(5)26)12-15(2)20(13-22)24-17(4)21-10-11-23-25(21)6;1-2/h7-11H,12-13H2,1-6H3;2H,1H3/t22-;/m1./s1. The number of aliphatic hydroxyl groups excluding tert-OH is 1. The van der Waals surface area contributed by atoms with E-state index in [4.69, 9.17) is 10.1 Å². The number of hydrogen-bond acceptors (Lipinski definition) is 4. The molecule has 1 atom stereocenters. The molecule has 5 nitrogen and oxygen atoms in total. The lowest BCUT2D eigenvalue weighted by molar-refractivity contribution is -0.122. The molecule has 0 radical (unpaired) electrons. The van der Waals surface area contributed by atoms with Gasteiger partial charge in [-0.2, -0.15) is 5.10 Å². The van der Waals surface area contributed by atoms with Gasteiger partial charge in [0.25, 0.3) is 0 Å². The van der Waals surface area contributed by atoms with E-state index in [2.05, 4.69) is 44.1 Å². The van der Waals surface area contributed by atoms with E-state index in [1.807, 2.05) is 24.7 Å². The summed E-state index contributed by atoms with van der Waals surface area (Å²) >= 11 is 0. The van der Waals surface area contributed by atoms with E-state index in [-0.39, 0.29) is 5.78 Å². The molecule has 1 heterocycles. The zero-order chi connectivity index (χ0) is 21.1. The van der Waals surface area contributed by atoms with Gasteiger partial charge in [0.1, 0.15) is 5.78 Å². The Balaban J connectivity index is 0.00000136. The Kier molecular flexibility index (Phi) is 6.73. The summed E-state index contributed by atoms with van der Waals surface area (Å²) in [6.45, 7) is 10.0. The largest absolute Gasteiger partial charge is 0.400 e. The predicted molar refractivity (Wildman–Crippen MR) is 114 cm³/mol. The van der Waals surface area contributed by atoms with Crippen molar-refractivity contribution in [1.82, 2.24) is 9.78 Å². The Morgan fingerprint density at radius 1 is 1.14 bits per heavy atom. The molecule has 0 amide bonds. The minimum absolute atomic E-state index is 0.217. The van der Waals surface area contributed by atoms with Crippen LogP contribution in [0.25, 0.3) is 0 Å². The van der Waals surface area contributed by atoms with Crippen LogP contribution in [0, 0.1) is 13.8 Å². The van der Waals surface area contributed by atoms with Crippen molar-refractivity contribution in [2.75, 3.05) is 7.11 Å². The third-order valence-electron chi connectivity index (χ3n) is 5.82. The van der Waals surface area contributed by atoms with Gasteiger partial charge in [0, 0.05) is 32.5 Å². The van der Waals surface area contributed by atoms with Crippen LogP contribution >= 0.6 is 0 Å². The van der Waals surface area contributed by atoms with Gasteiger partial charge in [-0.05, 0) is 63.8 Å². The molecule has 0 bridgehead atoms. The number of benzene rings is 1. The molecule has 0 saturated carbocycles. The second-order valence-electron chi connectivity index (χ2n) is 7.50. The monoisotopic (exact) mass is 381 g/mol. The van der Waals surface area contributed by atoms with Gasteiger partial charge in [-0.15, -0.1) is 0 Å². The lowest BCUT2D eigenvalue weighted by Crippen LogP contribution is -2.33. The van der Waals surface area contributed by atoms with Crippen molar-refractivity contribution in [3.63, 3.8) is 0 Å². The number of carbonyl (C=O) groups is 1. The number of aliphatic hydroxyl groups is 1. The highest BCUT2D eigenvalue weighted by molar-refractivity contribution is 5.98. The second kappa shape index (κ2) is 8.65. The first-order valence-electron chi connectivity index (χ1n) is 9.51. The van der Waals surface area contributed by atoms with Gasteiger partial charge in [-0.25, -0.2) is 0 Å². The van der Waals surface area contributed by atoms with E-state index in [1.54, 1.807) is 13.1 Å². The number of aromatic nitrogens is 2. The quantitative estimate of drug-likeness (QED) is 0.813. The number of aliphatic imine (C=N–C) groups is 1. The first-order valence-corrected chi connectivity index (χ1v) is 9.51. The van der Waals surface area contributed by atoms with Gasteiger partial charge in [0.2, 0.25) is 0 Å². The van der Waals surface area contributed by atoms with E-state index >= 15 is 0 Å². The third kappa shape index (κ3) is 3.85. The van der Waals surface area contributed by atoms with Crippen molar-refractivity contribution in [2.45, 2.75) is 52.9 Å². The van der Waals surface area contributed by atoms with Crippen molar-refractivity contribution in [1.29, 1.82) is 0 Å². The molecule has 0 unspecified atom stereocenters. The number of nitrogens with zero attached hydrogens (tertiary/aromatic N) is 3. The molecule has 150 valence electrons. The Bertz CT molecular complexity index is 937. The van der Waals surface area contributed by atoms with Crippen molar-refractivity contribution in [3.8, 4) is 0 Å². The van der Waals surface area contributed by atoms with Crippen LogP contribution in [-0.2, 0) is 17.3 Å². The molecular formula is C23H31N3O2. The molecule has 0 spiro atoms. The Morgan fingerprint density at radius 3 is 2.39 bits per heavy atom. The first kappa shape index (κ1) is 21.8. The summed E-state index contributed by atoms with van der Waals surface area (Å²) in [4.78, 5) is 17.7. The molecule has 0 aliphatic heterocycles. The molecule has 1 aromatic heterocycles. The number of ketones is 1. The number of aryl methyl sites for hydroxylation is 2. The minimum atomic E-state index is -0.494. The maximum Gasteiger partial charge on any atom is 0.141 e. The van der Waals surface area contributed by atoms with E-state index in [0.29, 0.717) is 6.42 Å². The van der Waals surface area contributed by atoms with Crippen LogP contribution in [0.15, 0.2) is 46.7 Å². The average Bonchev–Trinajstić information content (AvgIpc) is 3.23. The average molecular weight is 382 g/mol.